The predicted octanol–water partition coefficient (Wildman–Crippen LogP) is 7.41. The summed E-state index contributed by atoms with van der Waals surface area (Å²) in [5.41, 5.74) is 11.5. The van der Waals surface area contributed by atoms with E-state index < -0.39 is 7.26 Å². The second-order valence-corrected chi connectivity index (χ2v) is 18.1. The van der Waals surface area contributed by atoms with E-state index in [1.807, 2.05) is 48.5 Å². The van der Waals surface area contributed by atoms with Gasteiger partial charge in [-0.25, -0.2) is 0 Å². The van der Waals surface area contributed by atoms with Crippen LogP contribution in [0, 0.1) is 0 Å². The molecule has 0 radical (unpaired) electrons. The van der Waals surface area contributed by atoms with Crippen molar-refractivity contribution in [1.82, 2.24) is 0 Å². The second kappa shape index (κ2) is 11.4. The van der Waals surface area contributed by atoms with Gasteiger partial charge < -0.3 is 5.73 Å². The van der Waals surface area contributed by atoms with Crippen LogP contribution in [0.2, 0.25) is 0 Å². The van der Waals surface area contributed by atoms with Gasteiger partial charge in [0.25, 0.3) is 0 Å². The summed E-state index contributed by atoms with van der Waals surface area (Å²) in [6.07, 6.45) is 0.902. The first-order chi connectivity index (χ1) is 23.6. The Morgan fingerprint density at radius 2 is 1.08 bits per heavy atom. The first-order valence-electron chi connectivity index (χ1n) is 16.9. The molecule has 49 heavy (non-hydrogen) atoms. The molecule has 1 aliphatic heterocycles. The normalized spacial score (nSPS) is 18.3. The number of nitrogen functional groups attached to an aromatic ring is 1. The van der Waals surface area contributed by atoms with Crippen molar-refractivity contribution in [2.75, 3.05) is 10.6 Å². The van der Waals surface area contributed by atoms with Gasteiger partial charge in [0, 0.05) is 5.69 Å². The minimum absolute atomic E-state index is 0.167. The molecule has 2 amide bonds. The standard InChI is InChI=1S/C44H39N2O2P/c1-43(2)29-44(3,30-19-21-31(45)22-20-30)39-26-23-32(27-40(39)43)46-41(47)37-25-24-36(28-38(37)42(46)48)49(33-13-7-4-8-14-33,34-15-9-5-10-16-34)35-17-11-6-12-18-35/h4-28,49H,29,45H2,1-3H3. The fourth-order valence-electron chi connectivity index (χ4n) is 8.67. The van der Waals surface area contributed by atoms with Gasteiger partial charge >= 0.3 is 266 Å². The summed E-state index contributed by atoms with van der Waals surface area (Å²) < 4.78 is 0. The molecule has 1 heterocycles. The molecule has 4 nitrogen and oxygen atoms in total. The summed E-state index contributed by atoms with van der Waals surface area (Å²) in [5, 5.41) is 4.70. The molecule has 1 unspecified atom stereocenters. The van der Waals surface area contributed by atoms with E-state index in [1.54, 1.807) is 0 Å². The van der Waals surface area contributed by atoms with Gasteiger partial charge in [0.05, 0.1) is 0 Å². The number of carbonyl (C=O) groups is 2. The number of amides is 2. The van der Waals surface area contributed by atoms with Crippen LogP contribution < -0.4 is 31.9 Å². The van der Waals surface area contributed by atoms with Gasteiger partial charge in [0.2, 0.25) is 0 Å². The molecule has 8 rings (SSSR count). The topological polar surface area (TPSA) is 63.4 Å². The van der Waals surface area contributed by atoms with E-state index in [1.165, 1.54) is 31.9 Å². The maximum atomic E-state index is 14.4. The average Bonchev–Trinajstić information content (AvgIpc) is 3.50. The molecule has 6 aromatic rings. The summed E-state index contributed by atoms with van der Waals surface area (Å²) in [4.78, 5) is 29.9. The summed E-state index contributed by atoms with van der Waals surface area (Å²) >= 11 is 0. The van der Waals surface area contributed by atoms with Crippen molar-refractivity contribution in [3.8, 4) is 0 Å². The molecule has 242 valence electrons. The Morgan fingerprint density at radius 3 is 1.63 bits per heavy atom. The number of imide groups is 1. The Bertz CT molecular complexity index is 2130. The predicted molar refractivity (Wildman–Crippen MR) is 205 cm³/mol. The van der Waals surface area contributed by atoms with Crippen molar-refractivity contribution in [2.45, 2.75) is 38.0 Å². The van der Waals surface area contributed by atoms with E-state index in [9.17, 15) is 9.59 Å². The zero-order valence-electron chi connectivity index (χ0n) is 28.0. The van der Waals surface area contributed by atoms with E-state index in [4.69, 9.17) is 5.73 Å². The van der Waals surface area contributed by atoms with E-state index in [-0.39, 0.29) is 22.6 Å². The first kappa shape index (κ1) is 31.0. The zero-order chi connectivity index (χ0) is 34.0. The summed E-state index contributed by atoms with van der Waals surface area (Å²) in [7, 11) is -2.87. The van der Waals surface area contributed by atoms with E-state index >= 15 is 0 Å². The van der Waals surface area contributed by atoms with Crippen LogP contribution in [0.25, 0.3) is 0 Å². The number of nitrogens with two attached hydrogens (primary N) is 1. The Balaban J connectivity index is 1.25. The molecule has 0 spiro atoms. The van der Waals surface area contributed by atoms with Crippen LogP contribution in [0.15, 0.2) is 152 Å². The fourth-order valence-corrected chi connectivity index (χ4v) is 13.4. The fraction of sp³-hybridized carbons (Fsp3) is 0.136. The minimum atomic E-state index is -2.87. The van der Waals surface area contributed by atoms with Crippen molar-refractivity contribution in [3.05, 3.63) is 179 Å². The summed E-state index contributed by atoms with van der Waals surface area (Å²) in [6, 6.07) is 52.0. The van der Waals surface area contributed by atoms with Crippen LogP contribution in [0.4, 0.5) is 11.4 Å². The molecule has 5 heteroatoms. The SMILES string of the molecule is CC1(C)CC(C)(c2ccc(N)cc2)c2ccc(N3C(=O)c4ccc([PH](c5ccccc5)(c5ccccc5)c5ccccc5)cc4C3=O)cc21. The Kier molecular flexibility index (Phi) is 7.21. The third kappa shape index (κ3) is 4.70. The van der Waals surface area contributed by atoms with Crippen LogP contribution >= 0.6 is 7.26 Å². The van der Waals surface area contributed by atoms with Crippen LogP contribution in [0.3, 0.4) is 0 Å². The van der Waals surface area contributed by atoms with Crippen molar-refractivity contribution in [3.63, 3.8) is 0 Å². The number of hydrogen-bond donors (Lipinski definition) is 1. The molecule has 1 aliphatic carbocycles. The number of benzene rings is 6. The van der Waals surface area contributed by atoms with Gasteiger partial charge in [-0.15, -0.1) is 0 Å². The summed E-state index contributed by atoms with van der Waals surface area (Å²) in [6.45, 7) is 6.76. The molecule has 2 N–H and O–H groups in total. The maximum absolute atomic E-state index is 14.4. The Labute approximate surface area is 288 Å². The monoisotopic (exact) mass is 658 g/mol. The molecular weight excluding hydrogens is 619 g/mol. The van der Waals surface area contributed by atoms with Crippen LogP contribution in [-0.2, 0) is 10.8 Å². The molecule has 0 saturated heterocycles. The molecule has 0 fully saturated rings. The van der Waals surface area contributed by atoms with Crippen molar-refractivity contribution < 1.29 is 9.59 Å². The molecule has 2 aliphatic rings. The third-order valence-corrected chi connectivity index (χ3v) is 15.6. The van der Waals surface area contributed by atoms with Crippen molar-refractivity contribution >= 4 is 51.7 Å². The number of nitrogens with zero attached hydrogens (tertiary/aromatic N) is 1. The number of hydrogen-bond acceptors (Lipinski definition) is 3. The Hall–Kier alpha value is -5.31. The van der Waals surface area contributed by atoms with Crippen molar-refractivity contribution in [1.29, 1.82) is 0 Å². The van der Waals surface area contributed by atoms with E-state index in [2.05, 4.69) is 124 Å². The van der Waals surface area contributed by atoms with Gasteiger partial charge in [-0.05, 0) is 12.1 Å². The Morgan fingerprint density at radius 1 is 0.551 bits per heavy atom. The molecule has 0 bridgehead atoms. The van der Waals surface area contributed by atoms with Crippen LogP contribution in [0.1, 0.15) is 64.6 Å². The zero-order valence-corrected chi connectivity index (χ0v) is 29.0. The number of anilines is 2. The third-order valence-electron chi connectivity index (χ3n) is 10.9. The number of rotatable bonds is 6. The first-order valence-corrected chi connectivity index (χ1v) is 18.9. The quantitative estimate of drug-likeness (QED) is 0.115. The van der Waals surface area contributed by atoms with E-state index in [0.29, 0.717) is 16.8 Å². The molecule has 6 aromatic carbocycles. The van der Waals surface area contributed by atoms with E-state index in [0.717, 1.165) is 23.0 Å². The van der Waals surface area contributed by atoms with Gasteiger partial charge in [-0.2, -0.15) is 0 Å². The molecule has 0 saturated carbocycles. The number of fused-ring (bicyclic) bond motifs is 2. The van der Waals surface area contributed by atoms with Gasteiger partial charge in [0.1, 0.15) is 0 Å². The van der Waals surface area contributed by atoms with Crippen molar-refractivity contribution in [2.24, 2.45) is 0 Å². The van der Waals surface area contributed by atoms with Crippen LogP contribution in [0.5, 0.6) is 0 Å². The average molecular weight is 659 g/mol. The van der Waals surface area contributed by atoms with Gasteiger partial charge in [0.15, 0.2) is 0 Å². The second-order valence-electron chi connectivity index (χ2n) is 14.3. The molecule has 1 atom stereocenters. The summed E-state index contributed by atoms with van der Waals surface area (Å²) in [5.74, 6) is -0.564. The van der Waals surface area contributed by atoms with Gasteiger partial charge in [-0.1, -0.05) is 0 Å². The van der Waals surface area contributed by atoms with Crippen LogP contribution in [-0.4, -0.2) is 11.8 Å². The molecule has 0 aromatic heterocycles. The molecular formula is C44H39N2O2P. The van der Waals surface area contributed by atoms with Gasteiger partial charge in [-0.3, -0.25) is 0 Å². The number of carbonyl (C=O) groups excluding carboxylic acids is 2.